The van der Waals surface area contributed by atoms with Gasteiger partial charge in [0, 0.05) is 0 Å². The first-order valence-corrected chi connectivity index (χ1v) is 4.12. The number of benzene rings is 1. The van der Waals surface area contributed by atoms with Crippen LogP contribution >= 0.6 is 9.53 Å². The zero-order valence-corrected chi connectivity index (χ0v) is 6.47. The molecule has 0 unspecified atom stereocenters. The topological polar surface area (TPSA) is 0 Å². The third kappa shape index (κ3) is 4.33. The van der Waals surface area contributed by atoms with E-state index in [1.54, 1.807) is 0 Å². The van der Waals surface area contributed by atoms with Crippen molar-refractivity contribution in [2.75, 3.05) is 0 Å². The summed E-state index contributed by atoms with van der Waals surface area (Å²) in [5.74, 6) is 0. The smallest absolute Gasteiger partial charge is 0.0623 e. The summed E-state index contributed by atoms with van der Waals surface area (Å²) in [6.45, 7) is 0. The van der Waals surface area contributed by atoms with E-state index in [1.165, 1.54) is 0 Å². The van der Waals surface area contributed by atoms with E-state index in [-0.39, 0.29) is 0 Å². The molecule has 0 heterocycles. The molecule has 0 fully saturated rings. The van der Waals surface area contributed by atoms with Crippen molar-refractivity contribution >= 4 is 9.53 Å². The van der Waals surface area contributed by atoms with Crippen molar-refractivity contribution in [1.29, 1.82) is 0 Å². The molecule has 0 nitrogen and oxygen atoms in total. The fourth-order valence-corrected chi connectivity index (χ4v) is 0.385. The summed E-state index contributed by atoms with van der Waals surface area (Å²) in [6, 6.07) is 12.0. The van der Waals surface area contributed by atoms with Gasteiger partial charge in [-0.3, -0.25) is 0 Å². The number of halogens is 1. The van der Waals surface area contributed by atoms with Crippen LogP contribution in [-0.4, -0.2) is 0 Å². The van der Waals surface area contributed by atoms with Gasteiger partial charge in [0.1, 0.15) is 0 Å². The molecule has 0 N–H and O–H groups in total. The van der Waals surface area contributed by atoms with E-state index in [1.807, 2.05) is 36.4 Å². The monoisotopic (exact) mass is 219 g/mol. The molecule has 47 valence electrons. The van der Waals surface area contributed by atoms with E-state index >= 15 is 0 Å². The van der Waals surface area contributed by atoms with Crippen LogP contribution in [0, 0.1) is 0 Å². The molecule has 0 aromatic heterocycles. The number of hydrogen-bond donors (Lipinski definition) is 0. The third-order valence-electron chi connectivity index (χ3n) is 0.667. The first-order valence-electron chi connectivity index (χ1n) is 2.12. The summed E-state index contributed by atoms with van der Waals surface area (Å²) >= 11 is 2.22. The van der Waals surface area contributed by atoms with Crippen LogP contribution in [0.1, 0.15) is 0 Å². The Kier molecular flexibility index (Phi) is 7.33. The standard InChI is InChI=1S/C6H6.ClH.Pd/c1-2-4-6-5-3-1;;/h1-6H;1H;/q;;+1/p-1. The summed E-state index contributed by atoms with van der Waals surface area (Å²) in [7, 11) is 4.49. The second kappa shape index (κ2) is 7.17. The molecular weight excluding hydrogens is 214 g/mol. The van der Waals surface area contributed by atoms with Gasteiger partial charge in [0.05, 0.1) is 0 Å². The summed E-state index contributed by atoms with van der Waals surface area (Å²) in [5.41, 5.74) is 0. The Morgan fingerprint density at radius 1 is 0.625 bits per heavy atom. The third-order valence-corrected chi connectivity index (χ3v) is 0.667. The molecule has 0 radical (unpaired) electrons. The molecule has 0 aliphatic carbocycles. The molecule has 0 saturated carbocycles. The molecule has 1 aromatic carbocycles. The first kappa shape index (κ1) is 8.17. The largest absolute Gasteiger partial charge is 0.0623 e. The predicted octanol–water partition coefficient (Wildman–Crippen LogP) is 2.37. The van der Waals surface area contributed by atoms with Gasteiger partial charge >= 0.3 is 27.7 Å². The summed E-state index contributed by atoms with van der Waals surface area (Å²) in [5, 5.41) is 0. The maximum Gasteiger partial charge on any atom is -0.0623 e. The van der Waals surface area contributed by atoms with Gasteiger partial charge in [0.25, 0.3) is 0 Å². The minimum atomic E-state index is 2.00. The fraction of sp³-hybridized carbons (Fsp3) is 0. The summed E-state index contributed by atoms with van der Waals surface area (Å²) in [4.78, 5) is 0. The molecule has 0 amide bonds. The van der Waals surface area contributed by atoms with Crippen LogP contribution in [0.15, 0.2) is 36.4 Å². The Morgan fingerprint density at radius 3 is 0.875 bits per heavy atom. The maximum atomic E-state index is 4.49. The molecule has 0 bridgehead atoms. The Labute approximate surface area is 64.2 Å². The number of hydrogen-bond acceptors (Lipinski definition) is 0. The Bertz CT molecular complexity index is 80.5. The molecule has 0 saturated heterocycles. The van der Waals surface area contributed by atoms with Gasteiger partial charge in [-0.15, -0.1) is 0 Å². The Hall–Kier alpha value is 0.172. The van der Waals surface area contributed by atoms with E-state index in [4.69, 9.17) is 0 Å². The molecule has 0 atom stereocenters. The second-order valence-corrected chi connectivity index (χ2v) is 1.15. The normalized spacial score (nSPS) is 6.88. The van der Waals surface area contributed by atoms with Crippen LogP contribution in [0.25, 0.3) is 0 Å². The molecule has 0 aliphatic rings. The van der Waals surface area contributed by atoms with Gasteiger partial charge in [-0.2, -0.15) is 0 Å². The van der Waals surface area contributed by atoms with Crippen LogP contribution in [-0.2, 0) is 18.2 Å². The average Bonchev–Trinajstić information content (AvgIpc) is 1.96. The first-order chi connectivity index (χ1) is 4.00. The summed E-state index contributed by atoms with van der Waals surface area (Å²) in [6.07, 6.45) is 0. The fourth-order valence-electron chi connectivity index (χ4n) is 0.385. The van der Waals surface area contributed by atoms with Gasteiger partial charge in [0.2, 0.25) is 0 Å². The quantitative estimate of drug-likeness (QED) is 0.588. The molecular formula is C6H6ClPd. The summed E-state index contributed by atoms with van der Waals surface area (Å²) < 4.78 is 0. The van der Waals surface area contributed by atoms with Crippen LogP contribution in [0.3, 0.4) is 0 Å². The van der Waals surface area contributed by atoms with Gasteiger partial charge in [0.15, 0.2) is 0 Å². The van der Waals surface area contributed by atoms with Crippen molar-refractivity contribution in [2.45, 2.75) is 0 Å². The molecule has 2 heteroatoms. The molecule has 1 rings (SSSR count). The minimum Gasteiger partial charge on any atom is -0.0623 e. The van der Waals surface area contributed by atoms with E-state index in [0.717, 1.165) is 0 Å². The van der Waals surface area contributed by atoms with Crippen molar-refractivity contribution in [3.05, 3.63) is 36.4 Å². The van der Waals surface area contributed by atoms with E-state index in [2.05, 4.69) is 27.7 Å². The van der Waals surface area contributed by atoms with Crippen LogP contribution in [0.2, 0.25) is 0 Å². The zero-order valence-electron chi connectivity index (χ0n) is 4.16. The van der Waals surface area contributed by atoms with Crippen LogP contribution < -0.4 is 0 Å². The van der Waals surface area contributed by atoms with Crippen LogP contribution in [0.5, 0.6) is 0 Å². The van der Waals surface area contributed by atoms with Gasteiger partial charge in [-0.1, -0.05) is 36.4 Å². The van der Waals surface area contributed by atoms with E-state index in [0.29, 0.717) is 0 Å². The van der Waals surface area contributed by atoms with Crippen molar-refractivity contribution in [3.8, 4) is 0 Å². The van der Waals surface area contributed by atoms with Crippen LogP contribution in [0.4, 0.5) is 0 Å². The van der Waals surface area contributed by atoms with Gasteiger partial charge in [-0.25, -0.2) is 0 Å². The van der Waals surface area contributed by atoms with Crippen molar-refractivity contribution in [2.24, 2.45) is 0 Å². The maximum absolute atomic E-state index is 4.49. The predicted molar refractivity (Wildman–Crippen MR) is 32.3 cm³/mol. The molecule has 0 aliphatic heterocycles. The Balaban J connectivity index is 0.000000222. The molecule has 8 heavy (non-hydrogen) atoms. The zero-order chi connectivity index (χ0) is 6.24. The number of rotatable bonds is 0. The van der Waals surface area contributed by atoms with E-state index < -0.39 is 0 Å². The average molecular weight is 220 g/mol. The SMILES string of the molecule is [Cl][Pd].c1ccccc1. The molecule has 0 spiro atoms. The van der Waals surface area contributed by atoms with Gasteiger partial charge < -0.3 is 0 Å². The van der Waals surface area contributed by atoms with Gasteiger partial charge in [-0.05, 0) is 0 Å². The van der Waals surface area contributed by atoms with Crippen molar-refractivity contribution in [3.63, 3.8) is 0 Å². The van der Waals surface area contributed by atoms with Crippen molar-refractivity contribution in [1.82, 2.24) is 0 Å². The second-order valence-electron chi connectivity index (χ2n) is 1.15. The minimum absolute atomic E-state index is 2.00. The van der Waals surface area contributed by atoms with E-state index in [9.17, 15) is 0 Å². The Morgan fingerprint density at radius 2 is 0.750 bits per heavy atom. The van der Waals surface area contributed by atoms with Crippen molar-refractivity contribution < 1.29 is 18.2 Å². The molecule has 1 aromatic rings.